The maximum atomic E-state index is 11.2. The zero-order valence-electron chi connectivity index (χ0n) is 15.9. The Balaban J connectivity index is 2.41. The first-order valence-corrected chi connectivity index (χ1v) is 8.40. The van der Waals surface area contributed by atoms with Crippen LogP contribution in [0.25, 0.3) is 0 Å². The second-order valence-electron chi connectivity index (χ2n) is 7.93. The molecule has 1 aromatic heterocycles. The van der Waals surface area contributed by atoms with Gasteiger partial charge in [-0.1, -0.05) is 40.7 Å². The van der Waals surface area contributed by atoms with Gasteiger partial charge >= 0.3 is 5.97 Å². The van der Waals surface area contributed by atoms with Crippen LogP contribution in [0.15, 0.2) is 36.8 Å². The predicted octanol–water partition coefficient (Wildman–Crippen LogP) is 4.36. The van der Waals surface area contributed by atoms with E-state index in [2.05, 4.69) is 68.1 Å². The van der Waals surface area contributed by atoms with E-state index in [1.807, 2.05) is 0 Å². The summed E-state index contributed by atoms with van der Waals surface area (Å²) in [5.41, 5.74) is 2.94. The van der Waals surface area contributed by atoms with E-state index < -0.39 is 0 Å². The highest BCUT2D eigenvalue weighted by Crippen LogP contribution is 2.33. The summed E-state index contributed by atoms with van der Waals surface area (Å²) >= 11 is 0. The average Bonchev–Trinajstić information content (AvgIpc) is 2.53. The van der Waals surface area contributed by atoms with E-state index in [1.54, 1.807) is 18.6 Å². The van der Waals surface area contributed by atoms with Gasteiger partial charge < -0.3 is 10.1 Å². The molecule has 0 fully saturated rings. The van der Waals surface area contributed by atoms with Gasteiger partial charge in [0.1, 0.15) is 12.4 Å². The van der Waals surface area contributed by atoms with E-state index >= 15 is 0 Å². The van der Waals surface area contributed by atoms with Crippen LogP contribution in [0.4, 0.5) is 11.5 Å². The van der Waals surface area contributed by atoms with Gasteiger partial charge in [-0.15, -0.1) is 0 Å². The maximum absolute atomic E-state index is 11.2. The second kappa shape index (κ2) is 7.21. The molecule has 2 aromatic rings. The molecule has 1 N–H and O–H groups in total. The van der Waals surface area contributed by atoms with Gasteiger partial charge in [0.2, 0.25) is 0 Å². The molecule has 1 aromatic carbocycles. The zero-order valence-corrected chi connectivity index (χ0v) is 15.9. The highest BCUT2D eigenvalue weighted by atomic mass is 16.5. The van der Waals surface area contributed by atoms with E-state index in [0.717, 1.165) is 11.3 Å². The summed E-state index contributed by atoms with van der Waals surface area (Å²) in [7, 11) is 0. The highest BCUT2D eigenvalue weighted by Gasteiger charge is 2.25. The highest BCUT2D eigenvalue weighted by molar-refractivity contribution is 5.66. The van der Waals surface area contributed by atoms with Gasteiger partial charge in [-0.3, -0.25) is 9.78 Å². The van der Waals surface area contributed by atoms with E-state index in [0.29, 0.717) is 12.4 Å². The van der Waals surface area contributed by atoms with Crippen molar-refractivity contribution in [3.05, 3.63) is 47.9 Å². The molecule has 0 amide bonds. The van der Waals surface area contributed by atoms with Crippen LogP contribution in [-0.4, -0.2) is 22.5 Å². The van der Waals surface area contributed by atoms with Gasteiger partial charge in [0.25, 0.3) is 0 Å². The molecule has 0 aliphatic heterocycles. The van der Waals surface area contributed by atoms with Gasteiger partial charge in [0.15, 0.2) is 0 Å². The number of carbonyl (C=O) groups excluding carboxylic acids is 1. The van der Waals surface area contributed by atoms with Crippen molar-refractivity contribution in [1.29, 1.82) is 0 Å². The molecule has 25 heavy (non-hydrogen) atoms. The fourth-order valence-corrected chi connectivity index (χ4v) is 2.40. The van der Waals surface area contributed by atoms with Crippen LogP contribution in [-0.2, 0) is 20.4 Å². The van der Waals surface area contributed by atoms with Crippen molar-refractivity contribution in [2.45, 2.75) is 52.4 Å². The first-order valence-electron chi connectivity index (χ1n) is 8.40. The standard InChI is InChI=1S/C20H27N3O2/c1-14(24)25-13-20(5,6)16-9-15(19(2,3)4)10-17(11-16)23-18-12-21-7-8-22-18/h7-12H,13H2,1-6H3,(H,22,23). The van der Waals surface area contributed by atoms with Crippen molar-refractivity contribution < 1.29 is 9.53 Å². The van der Waals surface area contributed by atoms with Crippen LogP contribution in [0, 0.1) is 0 Å². The molecule has 0 atom stereocenters. The van der Waals surface area contributed by atoms with Gasteiger partial charge in [-0.05, 0) is 28.7 Å². The van der Waals surface area contributed by atoms with E-state index in [-0.39, 0.29) is 16.8 Å². The predicted molar refractivity (Wildman–Crippen MR) is 100 cm³/mol. The normalized spacial score (nSPS) is 11.9. The summed E-state index contributed by atoms with van der Waals surface area (Å²) in [5, 5.41) is 3.31. The van der Waals surface area contributed by atoms with Crippen molar-refractivity contribution in [3.8, 4) is 0 Å². The number of carbonyl (C=O) groups is 1. The number of esters is 1. The molecule has 0 bridgehead atoms. The third-order valence-corrected chi connectivity index (χ3v) is 4.05. The molecule has 0 saturated heterocycles. The fraction of sp³-hybridized carbons (Fsp3) is 0.450. The third kappa shape index (κ3) is 5.28. The lowest BCUT2D eigenvalue weighted by Crippen LogP contribution is -2.26. The third-order valence-electron chi connectivity index (χ3n) is 4.05. The van der Waals surface area contributed by atoms with Crippen molar-refractivity contribution >= 4 is 17.5 Å². The number of hydrogen-bond acceptors (Lipinski definition) is 5. The van der Waals surface area contributed by atoms with Gasteiger partial charge in [-0.2, -0.15) is 0 Å². The second-order valence-corrected chi connectivity index (χ2v) is 7.93. The molecular formula is C20H27N3O2. The van der Waals surface area contributed by atoms with Gasteiger partial charge in [0.05, 0.1) is 6.20 Å². The molecule has 1 heterocycles. The van der Waals surface area contributed by atoms with Crippen molar-refractivity contribution in [3.63, 3.8) is 0 Å². The molecule has 0 spiro atoms. The van der Waals surface area contributed by atoms with Crippen molar-refractivity contribution in [2.24, 2.45) is 0 Å². The molecule has 5 heteroatoms. The van der Waals surface area contributed by atoms with Gasteiger partial charge in [0, 0.05) is 30.4 Å². The van der Waals surface area contributed by atoms with Crippen molar-refractivity contribution in [1.82, 2.24) is 9.97 Å². The fourth-order valence-electron chi connectivity index (χ4n) is 2.40. The number of aromatic nitrogens is 2. The van der Waals surface area contributed by atoms with Crippen LogP contribution >= 0.6 is 0 Å². The number of rotatable bonds is 5. The quantitative estimate of drug-likeness (QED) is 0.819. The first-order chi connectivity index (χ1) is 11.6. The SMILES string of the molecule is CC(=O)OCC(C)(C)c1cc(Nc2cnccn2)cc(C(C)(C)C)c1. The summed E-state index contributed by atoms with van der Waals surface area (Å²) in [6.45, 7) is 12.4. The Bertz CT molecular complexity index is 734. The van der Waals surface area contributed by atoms with Crippen molar-refractivity contribution in [2.75, 3.05) is 11.9 Å². The molecule has 5 nitrogen and oxygen atoms in total. The first kappa shape index (κ1) is 18.9. The lowest BCUT2D eigenvalue weighted by atomic mass is 9.79. The molecule has 134 valence electrons. The van der Waals surface area contributed by atoms with E-state index in [4.69, 9.17) is 4.74 Å². The lowest BCUT2D eigenvalue weighted by Gasteiger charge is -2.28. The van der Waals surface area contributed by atoms with E-state index in [1.165, 1.54) is 12.5 Å². The Hall–Kier alpha value is -2.43. The number of ether oxygens (including phenoxy) is 1. The maximum Gasteiger partial charge on any atom is 0.302 e. The summed E-state index contributed by atoms with van der Waals surface area (Å²) in [6, 6.07) is 6.39. The topological polar surface area (TPSA) is 64.1 Å². The van der Waals surface area contributed by atoms with Crippen LogP contribution in [0.2, 0.25) is 0 Å². The van der Waals surface area contributed by atoms with Crippen LogP contribution in [0.5, 0.6) is 0 Å². The summed E-state index contributed by atoms with van der Waals surface area (Å²) in [4.78, 5) is 19.6. The Morgan fingerprint density at radius 2 is 1.76 bits per heavy atom. The molecule has 0 aliphatic rings. The molecule has 0 unspecified atom stereocenters. The van der Waals surface area contributed by atoms with E-state index in [9.17, 15) is 4.79 Å². The molecule has 2 rings (SSSR count). The largest absolute Gasteiger partial charge is 0.465 e. The van der Waals surface area contributed by atoms with Crippen LogP contribution in [0.3, 0.4) is 0 Å². The van der Waals surface area contributed by atoms with Crippen LogP contribution in [0.1, 0.15) is 52.7 Å². The number of hydrogen-bond donors (Lipinski definition) is 1. The Labute approximate surface area is 149 Å². The molecule has 0 radical (unpaired) electrons. The molecule has 0 aliphatic carbocycles. The Morgan fingerprint density at radius 3 is 2.32 bits per heavy atom. The van der Waals surface area contributed by atoms with Crippen LogP contribution < -0.4 is 5.32 Å². The Morgan fingerprint density at radius 1 is 1.08 bits per heavy atom. The average molecular weight is 341 g/mol. The van der Waals surface area contributed by atoms with Gasteiger partial charge in [-0.25, -0.2) is 4.98 Å². The summed E-state index contributed by atoms with van der Waals surface area (Å²) < 4.78 is 5.26. The minimum Gasteiger partial charge on any atom is -0.465 e. The molecular weight excluding hydrogens is 314 g/mol. The number of anilines is 2. The number of nitrogens with one attached hydrogen (secondary N) is 1. The molecule has 0 saturated carbocycles. The number of benzene rings is 1. The summed E-state index contributed by atoms with van der Waals surface area (Å²) in [6.07, 6.45) is 4.99. The lowest BCUT2D eigenvalue weighted by molar-refractivity contribution is -0.142. The smallest absolute Gasteiger partial charge is 0.302 e. The minimum atomic E-state index is -0.300. The summed E-state index contributed by atoms with van der Waals surface area (Å²) in [5.74, 6) is 0.426. The monoisotopic (exact) mass is 341 g/mol. The minimum absolute atomic E-state index is 0.00762. The Kier molecular flexibility index (Phi) is 5.45. The zero-order chi connectivity index (χ0) is 18.7. The number of nitrogens with zero attached hydrogens (tertiary/aromatic N) is 2.